The first-order valence-electron chi connectivity index (χ1n) is 5.47. The van der Waals surface area contributed by atoms with E-state index in [9.17, 15) is 9.59 Å². The maximum absolute atomic E-state index is 12.0. The Labute approximate surface area is 88.1 Å². The quantitative estimate of drug-likeness (QED) is 0.500. The first-order chi connectivity index (χ1) is 7.24. The van der Waals surface area contributed by atoms with Gasteiger partial charge in [-0.2, -0.15) is 0 Å². The van der Waals surface area contributed by atoms with Crippen LogP contribution in [0.5, 0.6) is 0 Å². The van der Waals surface area contributed by atoms with Crippen LogP contribution >= 0.6 is 0 Å². The second-order valence-corrected chi connectivity index (χ2v) is 4.62. The van der Waals surface area contributed by atoms with E-state index in [1.165, 1.54) is 4.90 Å². The fourth-order valence-electron chi connectivity index (χ4n) is 3.31. The van der Waals surface area contributed by atoms with Gasteiger partial charge < -0.3 is 5.73 Å². The third-order valence-corrected chi connectivity index (χ3v) is 3.91. The fraction of sp³-hybridized carbons (Fsp3) is 0.636. The molecule has 4 nitrogen and oxygen atoms in total. The zero-order chi connectivity index (χ0) is 10.6. The van der Waals surface area contributed by atoms with Crippen molar-refractivity contribution in [2.75, 3.05) is 13.1 Å². The third-order valence-electron chi connectivity index (χ3n) is 3.91. The number of hydrogen-bond acceptors (Lipinski definition) is 3. The maximum Gasteiger partial charge on any atom is 0.233 e. The molecule has 2 N–H and O–H groups in total. The second-order valence-electron chi connectivity index (χ2n) is 4.62. The molecule has 4 heteroatoms. The van der Waals surface area contributed by atoms with Gasteiger partial charge in [0, 0.05) is 13.1 Å². The molecule has 1 aliphatic heterocycles. The summed E-state index contributed by atoms with van der Waals surface area (Å²) in [6.45, 7) is 0.740. The Morgan fingerprint density at radius 3 is 2.20 bits per heavy atom. The fourth-order valence-corrected chi connectivity index (χ4v) is 3.31. The molecular formula is C11H14N2O2. The molecule has 3 rings (SSSR count). The molecule has 0 aromatic rings. The zero-order valence-corrected chi connectivity index (χ0v) is 8.43. The molecule has 0 unspecified atom stereocenters. The number of imide groups is 1. The minimum absolute atomic E-state index is 0.00676. The van der Waals surface area contributed by atoms with Gasteiger partial charge in [-0.15, -0.1) is 0 Å². The summed E-state index contributed by atoms with van der Waals surface area (Å²) in [4.78, 5) is 25.3. The normalized spacial score (nSPS) is 41.8. The van der Waals surface area contributed by atoms with Crippen LogP contribution in [0.4, 0.5) is 0 Å². The van der Waals surface area contributed by atoms with Gasteiger partial charge in [0.15, 0.2) is 0 Å². The standard InChI is InChI=1S/C11H14N2O2/c12-3-4-13-10(14)8-6-1-2-7(5-6)9(8)11(13)15/h1-2,6-9H,3-5,12H2/t6-,7-,8+,9+/m1/s1. The smallest absolute Gasteiger partial charge is 0.233 e. The van der Waals surface area contributed by atoms with E-state index in [1.54, 1.807) is 0 Å². The van der Waals surface area contributed by atoms with E-state index in [-0.39, 0.29) is 23.7 Å². The third kappa shape index (κ3) is 1.00. The van der Waals surface area contributed by atoms with Gasteiger partial charge in [0.25, 0.3) is 0 Å². The van der Waals surface area contributed by atoms with Crippen molar-refractivity contribution >= 4 is 11.8 Å². The number of likely N-dealkylation sites (tertiary alicyclic amines) is 1. The van der Waals surface area contributed by atoms with Gasteiger partial charge in [-0.25, -0.2) is 0 Å². The number of carbonyl (C=O) groups excluding carboxylic acids is 2. The molecule has 3 aliphatic rings. The van der Waals surface area contributed by atoms with Crippen LogP contribution in [-0.4, -0.2) is 29.8 Å². The van der Waals surface area contributed by atoms with Crippen LogP contribution in [0, 0.1) is 23.7 Å². The van der Waals surface area contributed by atoms with Gasteiger partial charge in [0.05, 0.1) is 11.8 Å². The number of hydrogen-bond donors (Lipinski definition) is 1. The Kier molecular flexibility index (Phi) is 1.77. The van der Waals surface area contributed by atoms with Crippen molar-refractivity contribution in [1.82, 2.24) is 4.90 Å². The first-order valence-corrected chi connectivity index (χ1v) is 5.47. The number of nitrogens with two attached hydrogens (primary N) is 1. The lowest BCUT2D eigenvalue weighted by Crippen LogP contribution is -2.36. The highest BCUT2D eigenvalue weighted by Crippen LogP contribution is 2.52. The molecule has 1 heterocycles. The van der Waals surface area contributed by atoms with Crippen LogP contribution in [0.25, 0.3) is 0 Å². The minimum atomic E-state index is -0.0703. The summed E-state index contributed by atoms with van der Waals surface area (Å²) in [5.74, 6) is 0.483. The highest BCUT2D eigenvalue weighted by atomic mass is 16.2. The van der Waals surface area contributed by atoms with E-state index in [0.717, 1.165) is 6.42 Å². The number of amides is 2. The van der Waals surface area contributed by atoms with Crippen molar-refractivity contribution in [2.45, 2.75) is 6.42 Å². The molecular weight excluding hydrogens is 192 g/mol. The Morgan fingerprint density at radius 1 is 1.20 bits per heavy atom. The van der Waals surface area contributed by atoms with Crippen LogP contribution in [0.1, 0.15) is 6.42 Å². The van der Waals surface area contributed by atoms with E-state index in [0.29, 0.717) is 24.9 Å². The molecule has 2 bridgehead atoms. The number of rotatable bonds is 2. The lowest BCUT2D eigenvalue weighted by atomic mass is 9.85. The Balaban J connectivity index is 1.93. The summed E-state index contributed by atoms with van der Waals surface area (Å²) >= 11 is 0. The minimum Gasteiger partial charge on any atom is -0.329 e. The zero-order valence-electron chi connectivity index (χ0n) is 8.43. The highest BCUT2D eigenvalue weighted by molar-refractivity contribution is 6.06. The van der Waals surface area contributed by atoms with Crippen LogP contribution in [0.15, 0.2) is 12.2 Å². The van der Waals surface area contributed by atoms with Gasteiger partial charge in [0.2, 0.25) is 11.8 Å². The molecule has 2 fully saturated rings. The Hall–Kier alpha value is -1.16. The second kappa shape index (κ2) is 2.92. The molecule has 0 aromatic heterocycles. The van der Waals surface area contributed by atoms with Crippen LogP contribution in [0.2, 0.25) is 0 Å². The van der Waals surface area contributed by atoms with Crippen molar-refractivity contribution in [1.29, 1.82) is 0 Å². The van der Waals surface area contributed by atoms with Crippen molar-refractivity contribution in [3.8, 4) is 0 Å². The molecule has 1 saturated heterocycles. The highest BCUT2D eigenvalue weighted by Gasteiger charge is 2.58. The number of allylic oxidation sites excluding steroid dienone is 2. The van der Waals surface area contributed by atoms with E-state index >= 15 is 0 Å². The summed E-state index contributed by atoms with van der Waals surface area (Å²) in [6, 6.07) is 0. The average molecular weight is 206 g/mol. The molecule has 1 saturated carbocycles. The van der Waals surface area contributed by atoms with E-state index in [1.807, 2.05) is 0 Å². The largest absolute Gasteiger partial charge is 0.329 e. The Bertz CT molecular complexity index is 334. The molecule has 2 aliphatic carbocycles. The van der Waals surface area contributed by atoms with Gasteiger partial charge in [0.1, 0.15) is 0 Å². The van der Waals surface area contributed by atoms with Crippen LogP contribution < -0.4 is 5.73 Å². The van der Waals surface area contributed by atoms with Crippen molar-refractivity contribution < 1.29 is 9.59 Å². The maximum atomic E-state index is 12.0. The lowest BCUT2D eigenvalue weighted by molar-refractivity contribution is -0.140. The summed E-state index contributed by atoms with van der Waals surface area (Å²) in [6.07, 6.45) is 5.19. The lowest BCUT2D eigenvalue weighted by Gasteiger charge is -2.15. The van der Waals surface area contributed by atoms with E-state index in [4.69, 9.17) is 5.73 Å². The predicted molar refractivity (Wildman–Crippen MR) is 53.5 cm³/mol. The van der Waals surface area contributed by atoms with Gasteiger partial charge in [-0.1, -0.05) is 12.2 Å². The van der Waals surface area contributed by atoms with E-state index in [2.05, 4.69) is 12.2 Å². The van der Waals surface area contributed by atoms with Gasteiger partial charge >= 0.3 is 0 Å². The van der Waals surface area contributed by atoms with Gasteiger partial charge in [-0.05, 0) is 18.3 Å². The molecule has 80 valence electrons. The monoisotopic (exact) mass is 206 g/mol. The van der Waals surface area contributed by atoms with Crippen molar-refractivity contribution in [3.63, 3.8) is 0 Å². The summed E-state index contributed by atoms with van der Waals surface area (Å²) in [7, 11) is 0. The number of nitrogens with zero attached hydrogens (tertiary/aromatic N) is 1. The first kappa shape index (κ1) is 9.09. The predicted octanol–water partition coefficient (Wildman–Crippen LogP) is -0.248. The summed E-state index contributed by atoms with van der Waals surface area (Å²) < 4.78 is 0. The molecule has 4 atom stereocenters. The molecule has 15 heavy (non-hydrogen) atoms. The van der Waals surface area contributed by atoms with Crippen molar-refractivity contribution in [3.05, 3.63) is 12.2 Å². The number of carbonyl (C=O) groups is 2. The number of fused-ring (bicyclic) bond motifs is 5. The van der Waals surface area contributed by atoms with Crippen LogP contribution in [-0.2, 0) is 9.59 Å². The summed E-state index contributed by atoms with van der Waals surface area (Å²) in [5.41, 5.74) is 5.41. The van der Waals surface area contributed by atoms with Gasteiger partial charge in [-0.3, -0.25) is 14.5 Å². The van der Waals surface area contributed by atoms with Crippen LogP contribution in [0.3, 0.4) is 0 Å². The Morgan fingerprint density at radius 2 is 1.73 bits per heavy atom. The molecule has 0 radical (unpaired) electrons. The SMILES string of the molecule is NCCN1C(=O)[C@@H]2[C@@H](C1=O)[C@@H]1C=C[C@@H]2C1. The van der Waals surface area contributed by atoms with E-state index < -0.39 is 0 Å². The topological polar surface area (TPSA) is 63.4 Å². The molecule has 0 spiro atoms. The summed E-state index contributed by atoms with van der Waals surface area (Å²) in [5, 5.41) is 0. The van der Waals surface area contributed by atoms with Crippen molar-refractivity contribution in [2.24, 2.45) is 29.4 Å². The molecule has 2 amide bonds. The average Bonchev–Trinajstić information content (AvgIpc) is 2.87. The molecule has 0 aromatic carbocycles.